The molecular weight excluding hydrogens is 413 g/mol. The minimum absolute atomic E-state index is 0.101. The van der Waals surface area contributed by atoms with Gasteiger partial charge in [0.15, 0.2) is 5.78 Å². The SMILES string of the molecule is Cc1cc(C(=O)Cn2cnc3c(Cl)cc(Cl)cc3c2=O)c(C)n1C[C@@H]1CCCO1. The molecule has 1 aromatic carbocycles. The zero-order valence-corrected chi connectivity index (χ0v) is 17.8. The molecule has 1 atom stereocenters. The molecule has 2 aromatic heterocycles. The first-order chi connectivity index (χ1) is 13.8. The number of fused-ring (bicyclic) bond motifs is 1. The van der Waals surface area contributed by atoms with E-state index in [0.29, 0.717) is 26.5 Å². The molecule has 0 saturated carbocycles. The van der Waals surface area contributed by atoms with E-state index in [-0.39, 0.29) is 24.0 Å². The summed E-state index contributed by atoms with van der Waals surface area (Å²) in [7, 11) is 0. The van der Waals surface area contributed by atoms with Gasteiger partial charge in [0, 0.05) is 35.1 Å². The average molecular weight is 434 g/mol. The van der Waals surface area contributed by atoms with Crippen LogP contribution >= 0.6 is 23.2 Å². The van der Waals surface area contributed by atoms with Gasteiger partial charge in [0.25, 0.3) is 5.56 Å². The van der Waals surface area contributed by atoms with E-state index in [1.807, 2.05) is 19.9 Å². The van der Waals surface area contributed by atoms with Crippen LogP contribution in [0.5, 0.6) is 0 Å². The van der Waals surface area contributed by atoms with Gasteiger partial charge in [-0.3, -0.25) is 14.2 Å². The van der Waals surface area contributed by atoms with Crippen LogP contribution in [-0.4, -0.2) is 32.6 Å². The van der Waals surface area contributed by atoms with Crippen molar-refractivity contribution in [1.82, 2.24) is 14.1 Å². The van der Waals surface area contributed by atoms with Crippen LogP contribution in [0.2, 0.25) is 10.0 Å². The molecule has 29 heavy (non-hydrogen) atoms. The molecule has 0 radical (unpaired) electrons. The molecule has 0 unspecified atom stereocenters. The van der Waals surface area contributed by atoms with E-state index in [1.54, 1.807) is 0 Å². The summed E-state index contributed by atoms with van der Waals surface area (Å²) < 4.78 is 9.14. The zero-order chi connectivity index (χ0) is 20.7. The van der Waals surface area contributed by atoms with Crippen molar-refractivity contribution in [2.45, 2.75) is 45.9 Å². The number of hydrogen-bond donors (Lipinski definition) is 0. The number of aryl methyl sites for hydroxylation is 1. The predicted molar refractivity (Wildman–Crippen MR) is 113 cm³/mol. The summed E-state index contributed by atoms with van der Waals surface area (Å²) >= 11 is 12.1. The summed E-state index contributed by atoms with van der Waals surface area (Å²) in [5.41, 5.74) is 2.52. The molecular formula is C21H21Cl2N3O3. The number of ketones is 1. The van der Waals surface area contributed by atoms with Crippen LogP contribution < -0.4 is 5.56 Å². The van der Waals surface area contributed by atoms with Gasteiger partial charge in [-0.25, -0.2) is 4.98 Å². The molecule has 4 rings (SSSR count). The Morgan fingerprint density at radius 2 is 2.07 bits per heavy atom. The lowest BCUT2D eigenvalue weighted by molar-refractivity contribution is 0.0948. The highest BCUT2D eigenvalue weighted by atomic mass is 35.5. The second kappa shape index (κ2) is 7.94. The fraction of sp³-hybridized carbons (Fsp3) is 0.381. The van der Waals surface area contributed by atoms with Gasteiger partial charge < -0.3 is 9.30 Å². The largest absolute Gasteiger partial charge is 0.376 e. The molecule has 6 nitrogen and oxygen atoms in total. The maximum atomic E-state index is 13.0. The molecule has 1 aliphatic rings. The maximum Gasteiger partial charge on any atom is 0.261 e. The number of Topliss-reactive ketones (excluding diaryl/α,β-unsaturated/α-hetero) is 1. The van der Waals surface area contributed by atoms with E-state index < -0.39 is 0 Å². The molecule has 1 saturated heterocycles. The van der Waals surface area contributed by atoms with Crippen molar-refractivity contribution in [3.05, 3.63) is 61.9 Å². The van der Waals surface area contributed by atoms with Gasteiger partial charge in [-0.15, -0.1) is 0 Å². The van der Waals surface area contributed by atoms with Gasteiger partial charge in [-0.05, 0) is 44.9 Å². The molecule has 3 aromatic rings. The third kappa shape index (κ3) is 3.84. The molecule has 8 heteroatoms. The second-order valence-corrected chi connectivity index (χ2v) is 8.26. The third-order valence-corrected chi connectivity index (χ3v) is 5.95. The number of hydrogen-bond acceptors (Lipinski definition) is 4. The van der Waals surface area contributed by atoms with Gasteiger partial charge in [-0.1, -0.05) is 23.2 Å². The molecule has 1 aliphatic heterocycles. The fourth-order valence-corrected chi connectivity index (χ4v) is 4.45. The van der Waals surface area contributed by atoms with E-state index in [4.69, 9.17) is 27.9 Å². The van der Waals surface area contributed by atoms with Gasteiger partial charge in [-0.2, -0.15) is 0 Å². The first-order valence-electron chi connectivity index (χ1n) is 9.51. The van der Waals surface area contributed by atoms with E-state index in [9.17, 15) is 9.59 Å². The number of rotatable bonds is 5. The number of nitrogens with zero attached hydrogens (tertiary/aromatic N) is 3. The van der Waals surface area contributed by atoms with Crippen LogP contribution in [0.15, 0.2) is 29.3 Å². The van der Waals surface area contributed by atoms with Gasteiger partial charge in [0.1, 0.15) is 0 Å². The van der Waals surface area contributed by atoms with Crippen LogP contribution in [0.4, 0.5) is 0 Å². The maximum absolute atomic E-state index is 13.0. The smallest absolute Gasteiger partial charge is 0.261 e. The molecule has 0 spiro atoms. The summed E-state index contributed by atoms with van der Waals surface area (Å²) in [6.07, 6.45) is 3.64. The standard InChI is InChI=1S/C21H21Cl2N3O3/c1-12-6-16(13(2)26(12)9-15-4-3-5-29-15)19(27)10-25-11-24-20-17(21(25)28)7-14(22)8-18(20)23/h6-8,11,15H,3-5,9-10H2,1-2H3/t15-/m0/s1. The zero-order valence-electron chi connectivity index (χ0n) is 16.2. The van der Waals surface area contributed by atoms with Crippen molar-refractivity contribution in [2.24, 2.45) is 0 Å². The highest BCUT2D eigenvalue weighted by Crippen LogP contribution is 2.24. The highest BCUT2D eigenvalue weighted by molar-refractivity contribution is 6.38. The number of carbonyl (C=O) groups is 1. The minimum Gasteiger partial charge on any atom is -0.376 e. The summed E-state index contributed by atoms with van der Waals surface area (Å²) in [6, 6.07) is 4.93. The quantitative estimate of drug-likeness (QED) is 0.565. The Kier molecular flexibility index (Phi) is 5.51. The van der Waals surface area contributed by atoms with Crippen LogP contribution in [0.25, 0.3) is 10.9 Å². The molecule has 152 valence electrons. The number of ether oxygens (including phenoxy) is 1. The fourth-order valence-electron chi connectivity index (χ4n) is 3.90. The van der Waals surface area contributed by atoms with Crippen LogP contribution in [0.1, 0.15) is 34.6 Å². The Bertz CT molecular complexity index is 1160. The normalized spacial score (nSPS) is 16.6. The van der Waals surface area contributed by atoms with Crippen LogP contribution in [0.3, 0.4) is 0 Å². The topological polar surface area (TPSA) is 66.1 Å². The number of carbonyl (C=O) groups excluding carboxylic acids is 1. The number of halogens is 2. The lowest BCUT2D eigenvalue weighted by atomic mass is 10.1. The van der Waals surface area contributed by atoms with Crippen molar-refractivity contribution in [3.63, 3.8) is 0 Å². The van der Waals surface area contributed by atoms with Gasteiger partial charge in [0.2, 0.25) is 0 Å². The van der Waals surface area contributed by atoms with E-state index in [1.165, 1.54) is 23.0 Å². The molecule has 0 aliphatic carbocycles. The van der Waals surface area contributed by atoms with E-state index in [2.05, 4.69) is 9.55 Å². The predicted octanol–water partition coefficient (Wildman–Crippen LogP) is 4.18. The first-order valence-corrected chi connectivity index (χ1v) is 10.3. The Balaban J connectivity index is 1.63. The van der Waals surface area contributed by atoms with Crippen LogP contribution in [0, 0.1) is 13.8 Å². The van der Waals surface area contributed by atoms with E-state index in [0.717, 1.165) is 37.4 Å². The van der Waals surface area contributed by atoms with E-state index >= 15 is 0 Å². The van der Waals surface area contributed by atoms with Crippen molar-refractivity contribution >= 4 is 39.9 Å². The monoisotopic (exact) mass is 433 g/mol. The minimum atomic E-state index is -0.346. The average Bonchev–Trinajstić information content (AvgIpc) is 3.28. The molecule has 0 amide bonds. The summed E-state index contributed by atoms with van der Waals surface area (Å²) in [5.74, 6) is -0.145. The first kappa shape index (κ1) is 20.1. The van der Waals surface area contributed by atoms with Crippen molar-refractivity contribution in [3.8, 4) is 0 Å². The Labute approximate surface area is 178 Å². The molecule has 0 N–H and O–H groups in total. The second-order valence-electron chi connectivity index (χ2n) is 7.42. The third-order valence-electron chi connectivity index (χ3n) is 5.44. The van der Waals surface area contributed by atoms with Crippen LogP contribution in [-0.2, 0) is 17.8 Å². The van der Waals surface area contributed by atoms with Gasteiger partial charge in [0.05, 0.1) is 34.9 Å². The lowest BCUT2D eigenvalue weighted by Crippen LogP contribution is -2.25. The van der Waals surface area contributed by atoms with Gasteiger partial charge >= 0.3 is 0 Å². The molecule has 0 bridgehead atoms. The Hall–Kier alpha value is -2.15. The number of aromatic nitrogens is 3. The Morgan fingerprint density at radius 3 is 2.79 bits per heavy atom. The Morgan fingerprint density at radius 1 is 1.28 bits per heavy atom. The summed E-state index contributed by atoms with van der Waals surface area (Å²) in [4.78, 5) is 30.0. The molecule has 1 fully saturated rings. The highest BCUT2D eigenvalue weighted by Gasteiger charge is 2.21. The van der Waals surface area contributed by atoms with Crippen molar-refractivity contribution < 1.29 is 9.53 Å². The number of benzene rings is 1. The van der Waals surface area contributed by atoms with Crippen molar-refractivity contribution in [2.75, 3.05) is 6.61 Å². The van der Waals surface area contributed by atoms with Crippen molar-refractivity contribution in [1.29, 1.82) is 0 Å². The summed E-state index contributed by atoms with van der Waals surface area (Å²) in [5, 5.41) is 0.950. The summed E-state index contributed by atoms with van der Waals surface area (Å²) in [6.45, 7) is 5.33. The lowest BCUT2D eigenvalue weighted by Gasteiger charge is -2.15. The molecule has 3 heterocycles.